The molecule has 230 valence electrons. The van der Waals surface area contributed by atoms with Crippen molar-refractivity contribution in [3.8, 4) is 67.5 Å². The number of rotatable bonds is 6. The van der Waals surface area contributed by atoms with Crippen molar-refractivity contribution in [2.75, 3.05) is 0 Å². The zero-order valence-electron chi connectivity index (χ0n) is 40.3. The van der Waals surface area contributed by atoms with Gasteiger partial charge < -0.3 is 4.42 Å². The molecule has 4 heteroatoms. The fraction of sp³-hybridized carbons (Fsp3) is 0. The Morgan fingerprint density at radius 3 is 1.57 bits per heavy atom. The summed E-state index contributed by atoms with van der Waals surface area (Å²) in [5.41, 5.74) is -0.349. The Labute approximate surface area is 305 Å². The first-order valence-electron chi connectivity index (χ1n) is 22.6. The topological polar surface area (TPSA) is 51.8 Å². The molecule has 7 aromatic carbocycles. The Kier molecular flexibility index (Phi) is 4.21. The summed E-state index contributed by atoms with van der Waals surface area (Å²) in [6.45, 7) is 0. The van der Waals surface area contributed by atoms with Gasteiger partial charge in [-0.2, -0.15) is 0 Å². The van der Waals surface area contributed by atoms with Crippen LogP contribution in [-0.4, -0.2) is 15.0 Å². The highest BCUT2D eigenvalue weighted by Gasteiger charge is 2.18. The van der Waals surface area contributed by atoms with Crippen molar-refractivity contribution < 1.29 is 25.0 Å². The highest BCUT2D eigenvalue weighted by atomic mass is 16.3. The van der Waals surface area contributed by atoms with E-state index in [-0.39, 0.29) is 33.8 Å². The van der Waals surface area contributed by atoms with Crippen molar-refractivity contribution in [1.82, 2.24) is 15.0 Å². The number of nitrogens with zero attached hydrogens (tertiary/aromatic N) is 3. The Bertz CT molecular complexity index is 3380. The molecule has 0 unspecified atom stereocenters. The van der Waals surface area contributed by atoms with E-state index in [0.29, 0.717) is 11.1 Å². The molecule has 49 heavy (non-hydrogen) atoms. The summed E-state index contributed by atoms with van der Waals surface area (Å²) in [6.07, 6.45) is 0. The lowest BCUT2D eigenvalue weighted by molar-refractivity contribution is 0.670. The molecule has 2 heterocycles. The van der Waals surface area contributed by atoms with Crippen LogP contribution >= 0.6 is 0 Å². The van der Waals surface area contributed by atoms with Crippen LogP contribution in [0.25, 0.3) is 89.5 Å². The normalized spacial score (nSPS) is 15.6. The first-order chi connectivity index (χ1) is 30.5. The number of aromatic nitrogens is 3. The van der Waals surface area contributed by atoms with Crippen molar-refractivity contribution in [3.05, 3.63) is 176 Å². The molecule has 2 aromatic heterocycles. The van der Waals surface area contributed by atoms with Crippen molar-refractivity contribution in [1.29, 1.82) is 0 Å². The van der Waals surface area contributed by atoms with E-state index in [2.05, 4.69) is 9.97 Å². The SMILES string of the molecule is [2H]c1c([2H])c([2H])c(-c2c([2H])c([2H])c(-c3c([2H])c([2H])c(-c4nc(-c5ccccc5)nc(-c5ccc(-c6ccccc6)cc5)n4)c([2H])c3[2H])c3c2oc2c([2H])c([2H])c([2H])c([2H])c23)c([2H])c1[2H]. The van der Waals surface area contributed by atoms with E-state index in [1.165, 1.54) is 0 Å². The van der Waals surface area contributed by atoms with E-state index < -0.39 is 124 Å². The number of para-hydroxylation sites is 1. The first-order valence-corrected chi connectivity index (χ1v) is 15.1. The second-order valence-electron chi connectivity index (χ2n) is 10.9. The number of hydrogen-bond donors (Lipinski definition) is 0. The van der Waals surface area contributed by atoms with Gasteiger partial charge in [-0.05, 0) is 39.9 Å². The minimum absolute atomic E-state index is 0.167. The summed E-state index contributed by atoms with van der Waals surface area (Å²) in [5.74, 6) is 0.127. The van der Waals surface area contributed by atoms with Gasteiger partial charge in [0.1, 0.15) is 11.2 Å². The number of benzene rings is 7. The van der Waals surface area contributed by atoms with Gasteiger partial charge in [-0.3, -0.25) is 0 Å². The minimum atomic E-state index is -0.802. The molecule has 0 aliphatic heterocycles. The van der Waals surface area contributed by atoms with E-state index >= 15 is 0 Å². The second kappa shape index (κ2) is 12.2. The van der Waals surface area contributed by atoms with E-state index in [4.69, 9.17) is 21.7 Å². The highest BCUT2D eigenvalue weighted by Crippen LogP contribution is 2.42. The van der Waals surface area contributed by atoms with Crippen LogP contribution in [-0.2, 0) is 0 Å². The maximum atomic E-state index is 9.42. The summed E-state index contributed by atoms with van der Waals surface area (Å²) < 4.78 is 139. The molecular weight excluding hydrogens is 599 g/mol. The third kappa shape index (κ3) is 5.35. The molecule has 9 aromatic rings. The van der Waals surface area contributed by atoms with Crippen LogP contribution in [0.5, 0.6) is 0 Å². The van der Waals surface area contributed by atoms with Crippen LogP contribution in [0.2, 0.25) is 0 Å². The zero-order valence-corrected chi connectivity index (χ0v) is 25.3. The van der Waals surface area contributed by atoms with Gasteiger partial charge in [0, 0.05) is 33.0 Å². The molecule has 0 saturated heterocycles. The van der Waals surface area contributed by atoms with Crippen LogP contribution in [0.1, 0.15) is 20.6 Å². The lowest BCUT2D eigenvalue weighted by atomic mass is 9.94. The Morgan fingerprint density at radius 1 is 0.388 bits per heavy atom. The van der Waals surface area contributed by atoms with E-state index in [1.54, 1.807) is 30.3 Å². The summed E-state index contributed by atoms with van der Waals surface area (Å²) in [7, 11) is 0. The van der Waals surface area contributed by atoms with Crippen LogP contribution in [0.4, 0.5) is 0 Å². The van der Waals surface area contributed by atoms with E-state index in [0.717, 1.165) is 11.1 Å². The summed E-state index contributed by atoms with van der Waals surface area (Å²) in [6, 6.07) is 15.1. The van der Waals surface area contributed by atoms with Gasteiger partial charge in [-0.25, -0.2) is 15.0 Å². The van der Waals surface area contributed by atoms with Gasteiger partial charge in [0.2, 0.25) is 0 Å². The van der Waals surface area contributed by atoms with Crippen molar-refractivity contribution in [2.24, 2.45) is 0 Å². The Morgan fingerprint density at radius 2 is 0.878 bits per heavy atom. The van der Waals surface area contributed by atoms with Crippen LogP contribution in [0.15, 0.2) is 180 Å². The number of furan rings is 1. The third-order valence-electron chi connectivity index (χ3n) is 7.89. The maximum Gasteiger partial charge on any atom is 0.164 e. The standard InChI is InChI=1S/C45H29N3O/c1-4-12-30(13-5-1)31-20-24-35(25-21-31)44-46-43(34-16-8-3-9-17-34)47-45(48-44)36-26-22-33(23-27-36)37-28-29-38(32-14-6-2-7-15-32)42-41(37)39-18-10-11-19-40(39)49-42/h1-29H/i2D,6D,7D,10D,11D,14D,15D,18D,19D,22D,23D,26D,27D,28D,29D. The van der Waals surface area contributed by atoms with Gasteiger partial charge in [0.15, 0.2) is 17.5 Å². The molecule has 0 bridgehead atoms. The van der Waals surface area contributed by atoms with Gasteiger partial charge in [0.25, 0.3) is 0 Å². The van der Waals surface area contributed by atoms with Gasteiger partial charge in [-0.1, -0.05) is 163 Å². The first kappa shape index (κ1) is 17.0. The van der Waals surface area contributed by atoms with Crippen LogP contribution in [0.3, 0.4) is 0 Å². The molecular formula is C45H29N3O. The van der Waals surface area contributed by atoms with E-state index in [1.807, 2.05) is 54.6 Å². The Balaban J connectivity index is 1.34. The highest BCUT2D eigenvalue weighted by molar-refractivity contribution is 6.16. The molecule has 0 radical (unpaired) electrons. The molecule has 0 fully saturated rings. The van der Waals surface area contributed by atoms with Gasteiger partial charge >= 0.3 is 0 Å². The monoisotopic (exact) mass is 642 g/mol. The molecule has 0 N–H and O–H groups in total. The van der Waals surface area contributed by atoms with Crippen molar-refractivity contribution in [3.63, 3.8) is 0 Å². The van der Waals surface area contributed by atoms with Crippen LogP contribution < -0.4 is 0 Å². The molecule has 0 amide bonds. The Hall–Kier alpha value is -6.65. The lowest BCUT2D eigenvalue weighted by Gasteiger charge is -2.11. The third-order valence-corrected chi connectivity index (χ3v) is 7.89. The zero-order chi connectivity index (χ0) is 45.6. The smallest absolute Gasteiger partial charge is 0.164 e. The molecule has 0 aliphatic carbocycles. The van der Waals surface area contributed by atoms with Crippen molar-refractivity contribution >= 4 is 21.9 Å². The van der Waals surface area contributed by atoms with E-state index in [9.17, 15) is 8.22 Å². The molecule has 0 atom stereocenters. The number of fused-ring (bicyclic) bond motifs is 3. The summed E-state index contributed by atoms with van der Waals surface area (Å²) >= 11 is 0. The summed E-state index contributed by atoms with van der Waals surface area (Å²) in [5, 5.41) is -0.710. The molecule has 0 saturated carbocycles. The predicted molar refractivity (Wildman–Crippen MR) is 200 cm³/mol. The molecule has 9 rings (SSSR count). The minimum Gasteiger partial charge on any atom is -0.455 e. The van der Waals surface area contributed by atoms with Gasteiger partial charge in [0.05, 0.1) is 20.6 Å². The van der Waals surface area contributed by atoms with Crippen molar-refractivity contribution in [2.45, 2.75) is 0 Å². The predicted octanol–water partition coefficient (Wildman–Crippen LogP) is 11.8. The maximum absolute atomic E-state index is 9.42. The molecule has 4 nitrogen and oxygen atoms in total. The average Bonchev–Trinajstić information content (AvgIpc) is 3.71. The largest absolute Gasteiger partial charge is 0.455 e. The average molecular weight is 643 g/mol. The van der Waals surface area contributed by atoms with Gasteiger partial charge in [-0.15, -0.1) is 0 Å². The molecule has 0 spiro atoms. The van der Waals surface area contributed by atoms with Crippen LogP contribution in [0, 0.1) is 0 Å². The molecule has 0 aliphatic rings. The fourth-order valence-electron chi connectivity index (χ4n) is 5.54. The second-order valence-corrected chi connectivity index (χ2v) is 10.9. The number of hydrogen-bond acceptors (Lipinski definition) is 4. The quantitative estimate of drug-likeness (QED) is 0.181. The summed E-state index contributed by atoms with van der Waals surface area (Å²) in [4.78, 5) is 14.0. The lowest BCUT2D eigenvalue weighted by Crippen LogP contribution is -2.00. The fourth-order valence-corrected chi connectivity index (χ4v) is 5.54.